The number of hydrogen-bond donors (Lipinski definition) is 1. The maximum Gasteiger partial charge on any atom is 0.339 e. The van der Waals surface area contributed by atoms with Crippen LogP contribution in [0.25, 0.3) is 6.08 Å². The molecule has 3 aromatic rings. The second-order valence-corrected chi connectivity index (χ2v) is 11.1. The molecule has 0 bridgehead atoms. The van der Waals surface area contributed by atoms with Crippen molar-refractivity contribution in [3.05, 3.63) is 100 Å². The van der Waals surface area contributed by atoms with Gasteiger partial charge in [0, 0.05) is 10.6 Å². The molecule has 1 fully saturated rings. The van der Waals surface area contributed by atoms with E-state index in [2.05, 4.69) is 11.9 Å². The van der Waals surface area contributed by atoms with Crippen LogP contribution in [0.15, 0.2) is 77.7 Å². The van der Waals surface area contributed by atoms with Crippen LogP contribution in [0.4, 0.5) is 10.5 Å². The van der Waals surface area contributed by atoms with Crippen LogP contribution in [-0.4, -0.2) is 32.9 Å². The molecule has 1 aliphatic heterocycles. The first-order chi connectivity index (χ1) is 19.5. The largest absolute Gasteiger partial charge is 0.490 e. The predicted octanol–water partition coefficient (Wildman–Crippen LogP) is 5.52. The van der Waals surface area contributed by atoms with Gasteiger partial charge in [-0.1, -0.05) is 41.4 Å². The summed E-state index contributed by atoms with van der Waals surface area (Å²) < 4.78 is 37.5. The van der Waals surface area contributed by atoms with Crippen molar-refractivity contribution in [1.29, 1.82) is 0 Å². The van der Waals surface area contributed by atoms with Crippen molar-refractivity contribution in [2.24, 2.45) is 0 Å². The highest BCUT2D eigenvalue weighted by Crippen LogP contribution is 2.37. The molecule has 0 aliphatic carbocycles. The van der Waals surface area contributed by atoms with Crippen molar-refractivity contribution < 1.29 is 31.7 Å². The van der Waals surface area contributed by atoms with E-state index >= 15 is 0 Å². The molecule has 4 rings (SSSR count). The SMILES string of the molecule is C=CCc1cc(/C=C2\C(=O)NC(=O)N(c3cccc(Cl)c3C)C2=O)cc(OCC)c1OS(=O)(=O)c1ccc(C)cc1. The van der Waals surface area contributed by atoms with Gasteiger partial charge in [0.25, 0.3) is 11.8 Å². The number of imide groups is 2. The monoisotopic (exact) mass is 594 g/mol. The van der Waals surface area contributed by atoms with E-state index in [9.17, 15) is 22.8 Å². The Kier molecular flexibility index (Phi) is 8.65. The summed E-state index contributed by atoms with van der Waals surface area (Å²) in [4.78, 5) is 39.7. The molecule has 9 nitrogen and oxygen atoms in total. The fraction of sp³-hybridized carbons (Fsp3) is 0.167. The Morgan fingerprint density at radius 1 is 1.05 bits per heavy atom. The average Bonchev–Trinajstić information content (AvgIpc) is 2.91. The van der Waals surface area contributed by atoms with E-state index < -0.39 is 28.0 Å². The second kappa shape index (κ2) is 12.0. The van der Waals surface area contributed by atoms with E-state index in [1.807, 2.05) is 6.92 Å². The number of nitrogens with zero attached hydrogens (tertiary/aromatic N) is 1. The van der Waals surface area contributed by atoms with Crippen molar-refractivity contribution in [2.75, 3.05) is 11.5 Å². The van der Waals surface area contributed by atoms with Gasteiger partial charge in [-0.15, -0.1) is 6.58 Å². The lowest BCUT2D eigenvalue weighted by Crippen LogP contribution is -2.54. The molecule has 0 spiro atoms. The molecular weight excluding hydrogens is 568 g/mol. The van der Waals surface area contributed by atoms with Gasteiger partial charge < -0.3 is 8.92 Å². The quantitative estimate of drug-likeness (QED) is 0.150. The number of amides is 4. The molecule has 0 unspecified atom stereocenters. The molecule has 0 saturated carbocycles. The summed E-state index contributed by atoms with van der Waals surface area (Å²) >= 11 is 6.20. The molecule has 3 aromatic carbocycles. The molecular formula is C30H27ClN2O7S. The number of urea groups is 1. The number of carbonyl (C=O) groups excluding carboxylic acids is 3. The third-order valence-electron chi connectivity index (χ3n) is 6.21. The van der Waals surface area contributed by atoms with Crippen LogP contribution in [0.2, 0.25) is 5.02 Å². The number of allylic oxidation sites excluding steroid dienone is 1. The van der Waals surface area contributed by atoms with Gasteiger partial charge in [0.15, 0.2) is 11.5 Å². The fourth-order valence-corrected chi connectivity index (χ4v) is 5.32. The van der Waals surface area contributed by atoms with Crippen molar-refractivity contribution in [3.8, 4) is 11.5 Å². The summed E-state index contributed by atoms with van der Waals surface area (Å²) in [6.07, 6.45) is 3.03. The van der Waals surface area contributed by atoms with Crippen LogP contribution in [0.1, 0.15) is 29.2 Å². The van der Waals surface area contributed by atoms with Crippen molar-refractivity contribution in [2.45, 2.75) is 32.1 Å². The Morgan fingerprint density at radius 3 is 2.41 bits per heavy atom. The van der Waals surface area contributed by atoms with Gasteiger partial charge >= 0.3 is 16.1 Å². The van der Waals surface area contributed by atoms with Crippen molar-refractivity contribution >= 4 is 51.3 Å². The molecule has 1 aliphatic rings. The molecule has 41 heavy (non-hydrogen) atoms. The number of ether oxygens (including phenoxy) is 1. The highest BCUT2D eigenvalue weighted by molar-refractivity contribution is 7.87. The Balaban J connectivity index is 1.80. The normalized spacial score (nSPS) is 14.7. The summed E-state index contributed by atoms with van der Waals surface area (Å²) in [6, 6.07) is 13.1. The molecule has 1 heterocycles. The molecule has 4 amide bonds. The number of anilines is 1. The maximum absolute atomic E-state index is 13.5. The van der Waals surface area contributed by atoms with Gasteiger partial charge in [0.05, 0.1) is 12.3 Å². The summed E-state index contributed by atoms with van der Waals surface area (Å²) in [6.45, 7) is 9.11. The molecule has 0 aromatic heterocycles. The Hall–Kier alpha value is -4.41. The molecule has 1 saturated heterocycles. The minimum atomic E-state index is -4.22. The lowest BCUT2D eigenvalue weighted by atomic mass is 10.0. The lowest BCUT2D eigenvalue weighted by Gasteiger charge is -2.27. The predicted molar refractivity (Wildman–Crippen MR) is 156 cm³/mol. The lowest BCUT2D eigenvalue weighted by molar-refractivity contribution is -0.122. The van der Waals surface area contributed by atoms with E-state index in [1.165, 1.54) is 24.3 Å². The molecule has 11 heteroatoms. The van der Waals surface area contributed by atoms with Crippen LogP contribution in [0.3, 0.4) is 0 Å². The van der Waals surface area contributed by atoms with Crippen LogP contribution in [0.5, 0.6) is 11.5 Å². The topological polar surface area (TPSA) is 119 Å². The van der Waals surface area contributed by atoms with Crippen molar-refractivity contribution in [1.82, 2.24) is 5.32 Å². The van der Waals surface area contributed by atoms with Gasteiger partial charge in [-0.2, -0.15) is 8.42 Å². The summed E-state index contributed by atoms with van der Waals surface area (Å²) in [5, 5.41) is 2.53. The van der Waals surface area contributed by atoms with E-state index in [1.54, 1.807) is 56.3 Å². The van der Waals surface area contributed by atoms with E-state index in [0.29, 0.717) is 21.7 Å². The number of aryl methyl sites for hydroxylation is 1. The Labute approximate surface area is 243 Å². The summed E-state index contributed by atoms with van der Waals surface area (Å²) in [5.74, 6) is -1.70. The smallest absolute Gasteiger partial charge is 0.339 e. The summed E-state index contributed by atoms with van der Waals surface area (Å²) in [7, 11) is -4.22. The highest BCUT2D eigenvalue weighted by atomic mass is 35.5. The standard InChI is InChI=1S/C30H27ClN2O7S/c1-5-8-21-15-20(17-26(39-6-2)27(21)40-41(37,38)22-13-11-18(3)12-14-22)16-23-28(34)32-30(36)33(29(23)35)25-10-7-9-24(31)19(25)4/h5,7,9-17H,1,6,8H2,2-4H3,(H,32,34,36)/b23-16+. The number of carbonyl (C=O) groups is 3. The first kappa shape index (κ1) is 29.6. The number of barbiturate groups is 1. The number of benzene rings is 3. The van der Waals surface area contributed by atoms with Gasteiger partial charge in [0.2, 0.25) is 0 Å². The van der Waals surface area contributed by atoms with Crippen LogP contribution < -0.4 is 19.1 Å². The third-order valence-corrected chi connectivity index (χ3v) is 7.86. The van der Waals surface area contributed by atoms with Crippen LogP contribution in [0, 0.1) is 13.8 Å². The molecule has 212 valence electrons. The zero-order valence-corrected chi connectivity index (χ0v) is 24.1. The minimum absolute atomic E-state index is 0.0353. The van der Waals surface area contributed by atoms with Gasteiger partial charge in [-0.05, 0) is 80.8 Å². The van der Waals surface area contributed by atoms with Crippen molar-refractivity contribution in [3.63, 3.8) is 0 Å². The van der Waals surface area contributed by atoms with Gasteiger partial charge in [0.1, 0.15) is 10.5 Å². The van der Waals surface area contributed by atoms with Gasteiger partial charge in [-0.3, -0.25) is 14.9 Å². The number of rotatable bonds is 9. The molecule has 1 N–H and O–H groups in total. The number of halogens is 1. The minimum Gasteiger partial charge on any atom is -0.490 e. The van der Waals surface area contributed by atoms with E-state index in [0.717, 1.165) is 10.5 Å². The average molecular weight is 595 g/mol. The number of hydrogen-bond acceptors (Lipinski definition) is 7. The fourth-order valence-electron chi connectivity index (χ4n) is 4.18. The molecule has 0 atom stereocenters. The van der Waals surface area contributed by atoms with E-state index in [4.69, 9.17) is 20.5 Å². The highest BCUT2D eigenvalue weighted by Gasteiger charge is 2.37. The zero-order valence-electron chi connectivity index (χ0n) is 22.6. The number of nitrogens with one attached hydrogen (secondary N) is 1. The van der Waals surface area contributed by atoms with Gasteiger partial charge in [-0.25, -0.2) is 9.69 Å². The first-order valence-corrected chi connectivity index (χ1v) is 14.3. The first-order valence-electron chi connectivity index (χ1n) is 12.5. The Bertz CT molecular complexity index is 1700. The van der Waals surface area contributed by atoms with Crippen LogP contribution >= 0.6 is 11.6 Å². The zero-order chi connectivity index (χ0) is 29.9. The molecule has 0 radical (unpaired) electrons. The second-order valence-electron chi connectivity index (χ2n) is 9.13. The van der Waals surface area contributed by atoms with Crippen LogP contribution in [-0.2, 0) is 26.1 Å². The third kappa shape index (κ3) is 6.18. The maximum atomic E-state index is 13.5. The van der Waals surface area contributed by atoms with E-state index in [-0.39, 0.29) is 40.7 Å². The Morgan fingerprint density at radius 2 is 1.76 bits per heavy atom. The summed E-state index contributed by atoms with van der Waals surface area (Å²) in [5.41, 5.74) is 1.99.